The standard InChI is InChI=1S/C20H22N4O3S2/c1-4-6-18-22-23-20(28-18)21-19(25)15-7-5-8-16(12-15)24-29(26,27)17-11-13(2)9-10-14(17)3/h5,7-12,24H,4,6H2,1-3H3,(H,21,23,25). The van der Waals surface area contributed by atoms with Gasteiger partial charge < -0.3 is 0 Å². The van der Waals surface area contributed by atoms with Crippen molar-refractivity contribution in [1.29, 1.82) is 0 Å². The van der Waals surface area contributed by atoms with E-state index >= 15 is 0 Å². The highest BCUT2D eigenvalue weighted by Crippen LogP contribution is 2.22. The van der Waals surface area contributed by atoms with Crippen LogP contribution in [0.25, 0.3) is 0 Å². The van der Waals surface area contributed by atoms with Gasteiger partial charge in [-0.2, -0.15) is 0 Å². The van der Waals surface area contributed by atoms with E-state index in [1.54, 1.807) is 37.3 Å². The van der Waals surface area contributed by atoms with Gasteiger partial charge in [-0.3, -0.25) is 14.8 Å². The number of amides is 1. The van der Waals surface area contributed by atoms with Crippen LogP contribution < -0.4 is 10.0 Å². The summed E-state index contributed by atoms with van der Waals surface area (Å²) < 4.78 is 28.1. The van der Waals surface area contributed by atoms with Crippen LogP contribution in [0.3, 0.4) is 0 Å². The number of carbonyl (C=O) groups excluding carboxylic acids is 1. The maximum Gasteiger partial charge on any atom is 0.262 e. The molecule has 0 saturated heterocycles. The van der Waals surface area contributed by atoms with E-state index in [-0.39, 0.29) is 10.8 Å². The number of nitrogens with one attached hydrogen (secondary N) is 2. The summed E-state index contributed by atoms with van der Waals surface area (Å²) in [5.41, 5.74) is 2.13. The maximum absolute atomic E-state index is 12.8. The molecule has 3 aromatic rings. The van der Waals surface area contributed by atoms with Gasteiger partial charge in [-0.25, -0.2) is 8.42 Å². The first-order chi connectivity index (χ1) is 13.8. The fourth-order valence-corrected chi connectivity index (χ4v) is 4.94. The third-order valence-electron chi connectivity index (χ3n) is 4.16. The molecule has 0 bridgehead atoms. The third-order valence-corrected chi connectivity index (χ3v) is 6.58. The van der Waals surface area contributed by atoms with Crippen molar-refractivity contribution in [2.75, 3.05) is 10.0 Å². The van der Waals surface area contributed by atoms with Crippen molar-refractivity contribution in [3.8, 4) is 0 Å². The number of aryl methyl sites for hydroxylation is 3. The number of anilines is 2. The zero-order chi connectivity index (χ0) is 21.0. The first-order valence-electron chi connectivity index (χ1n) is 9.12. The lowest BCUT2D eigenvalue weighted by atomic mass is 10.2. The molecule has 29 heavy (non-hydrogen) atoms. The number of carbonyl (C=O) groups is 1. The van der Waals surface area contributed by atoms with E-state index in [0.717, 1.165) is 23.4 Å². The molecular weight excluding hydrogens is 408 g/mol. The number of sulfonamides is 1. The van der Waals surface area contributed by atoms with Crippen LogP contribution in [-0.2, 0) is 16.4 Å². The summed E-state index contributed by atoms with van der Waals surface area (Å²) >= 11 is 1.33. The quantitative estimate of drug-likeness (QED) is 0.586. The topological polar surface area (TPSA) is 101 Å². The lowest BCUT2D eigenvalue weighted by molar-refractivity contribution is 0.102. The molecule has 0 aliphatic heterocycles. The first-order valence-corrected chi connectivity index (χ1v) is 11.4. The monoisotopic (exact) mass is 430 g/mol. The summed E-state index contributed by atoms with van der Waals surface area (Å²) in [5, 5.41) is 12.0. The number of nitrogens with zero attached hydrogens (tertiary/aromatic N) is 2. The number of hydrogen-bond donors (Lipinski definition) is 2. The average Bonchev–Trinajstić information content (AvgIpc) is 3.10. The Labute approximate surface area is 174 Å². The van der Waals surface area contributed by atoms with Crippen LogP contribution in [0.15, 0.2) is 47.4 Å². The molecule has 1 heterocycles. The molecule has 0 aliphatic carbocycles. The maximum atomic E-state index is 12.8. The number of benzene rings is 2. The highest BCUT2D eigenvalue weighted by Gasteiger charge is 2.18. The van der Waals surface area contributed by atoms with E-state index in [9.17, 15) is 13.2 Å². The van der Waals surface area contributed by atoms with Crippen LogP contribution in [0.4, 0.5) is 10.8 Å². The van der Waals surface area contributed by atoms with Gasteiger partial charge in [0.05, 0.1) is 4.90 Å². The van der Waals surface area contributed by atoms with Crippen LogP contribution in [0.5, 0.6) is 0 Å². The van der Waals surface area contributed by atoms with Crippen molar-refractivity contribution in [3.05, 3.63) is 64.2 Å². The Hall–Kier alpha value is -2.78. The van der Waals surface area contributed by atoms with E-state index in [0.29, 0.717) is 21.9 Å². The smallest absolute Gasteiger partial charge is 0.262 e. The summed E-state index contributed by atoms with van der Waals surface area (Å²) in [6.45, 7) is 5.62. The van der Waals surface area contributed by atoms with Crippen molar-refractivity contribution in [2.45, 2.75) is 38.5 Å². The molecular formula is C20H22N4O3S2. The second-order valence-electron chi connectivity index (χ2n) is 6.66. The Bertz CT molecular complexity index is 1140. The van der Waals surface area contributed by atoms with Crippen LogP contribution >= 0.6 is 11.3 Å². The van der Waals surface area contributed by atoms with Gasteiger partial charge in [-0.1, -0.05) is 36.5 Å². The number of hydrogen-bond acceptors (Lipinski definition) is 6. The minimum Gasteiger partial charge on any atom is -0.296 e. The molecule has 1 amide bonds. The van der Waals surface area contributed by atoms with E-state index in [2.05, 4.69) is 20.2 Å². The van der Waals surface area contributed by atoms with E-state index in [4.69, 9.17) is 0 Å². The van der Waals surface area contributed by atoms with Crippen LogP contribution in [0.1, 0.15) is 39.8 Å². The van der Waals surface area contributed by atoms with Crippen molar-refractivity contribution < 1.29 is 13.2 Å². The normalized spacial score (nSPS) is 11.3. The van der Waals surface area contributed by atoms with Crippen LogP contribution in [-0.4, -0.2) is 24.5 Å². The van der Waals surface area contributed by atoms with Gasteiger partial charge in [-0.15, -0.1) is 10.2 Å². The molecule has 0 radical (unpaired) electrons. The van der Waals surface area contributed by atoms with Crippen LogP contribution in [0.2, 0.25) is 0 Å². The predicted octanol–water partition coefficient (Wildman–Crippen LogP) is 4.16. The van der Waals surface area contributed by atoms with Gasteiger partial charge >= 0.3 is 0 Å². The van der Waals surface area contributed by atoms with Gasteiger partial charge in [0, 0.05) is 17.7 Å². The molecule has 3 rings (SSSR count). The molecule has 0 saturated carbocycles. The van der Waals surface area contributed by atoms with Gasteiger partial charge in [0.1, 0.15) is 5.01 Å². The second-order valence-corrected chi connectivity index (χ2v) is 9.37. The second kappa shape index (κ2) is 8.71. The zero-order valence-electron chi connectivity index (χ0n) is 16.4. The molecule has 0 atom stereocenters. The zero-order valence-corrected chi connectivity index (χ0v) is 18.0. The summed E-state index contributed by atoms with van der Waals surface area (Å²) in [6, 6.07) is 11.6. The number of aromatic nitrogens is 2. The molecule has 0 fully saturated rings. The van der Waals surface area contributed by atoms with Crippen molar-refractivity contribution >= 4 is 38.1 Å². The molecule has 0 unspecified atom stereocenters. The molecule has 7 nitrogen and oxygen atoms in total. The summed E-state index contributed by atoms with van der Waals surface area (Å²) in [6.07, 6.45) is 1.76. The highest BCUT2D eigenvalue weighted by molar-refractivity contribution is 7.92. The van der Waals surface area contributed by atoms with Crippen molar-refractivity contribution in [2.24, 2.45) is 0 Å². The van der Waals surface area contributed by atoms with Gasteiger partial charge in [-0.05, 0) is 55.7 Å². The predicted molar refractivity (Wildman–Crippen MR) is 115 cm³/mol. The molecule has 9 heteroatoms. The third kappa shape index (κ3) is 5.18. The van der Waals surface area contributed by atoms with Crippen molar-refractivity contribution in [1.82, 2.24) is 10.2 Å². The Morgan fingerprint density at radius 2 is 1.90 bits per heavy atom. The number of rotatable bonds is 7. The van der Waals surface area contributed by atoms with E-state index in [1.807, 2.05) is 19.9 Å². The summed E-state index contributed by atoms with van der Waals surface area (Å²) in [5.74, 6) is -0.378. The lowest BCUT2D eigenvalue weighted by Crippen LogP contribution is -2.16. The first kappa shape index (κ1) is 20.9. The van der Waals surface area contributed by atoms with E-state index in [1.165, 1.54) is 17.4 Å². The fourth-order valence-electron chi connectivity index (χ4n) is 2.72. The molecule has 2 N–H and O–H groups in total. The van der Waals surface area contributed by atoms with Gasteiger partial charge in [0.15, 0.2) is 0 Å². The van der Waals surface area contributed by atoms with Gasteiger partial charge in [0.25, 0.3) is 15.9 Å². The molecule has 2 aromatic carbocycles. The highest BCUT2D eigenvalue weighted by atomic mass is 32.2. The molecule has 1 aromatic heterocycles. The fraction of sp³-hybridized carbons (Fsp3) is 0.250. The minimum atomic E-state index is -3.77. The SMILES string of the molecule is CCCc1nnc(NC(=O)c2cccc(NS(=O)(=O)c3cc(C)ccc3C)c2)s1. The van der Waals surface area contributed by atoms with Crippen molar-refractivity contribution in [3.63, 3.8) is 0 Å². The minimum absolute atomic E-state index is 0.213. The summed E-state index contributed by atoms with van der Waals surface area (Å²) in [4.78, 5) is 12.7. The Balaban J connectivity index is 1.78. The lowest BCUT2D eigenvalue weighted by Gasteiger charge is -2.12. The Kier molecular flexibility index (Phi) is 6.29. The molecule has 0 aliphatic rings. The largest absolute Gasteiger partial charge is 0.296 e. The van der Waals surface area contributed by atoms with Gasteiger partial charge in [0.2, 0.25) is 5.13 Å². The molecule has 0 spiro atoms. The Morgan fingerprint density at radius 3 is 2.66 bits per heavy atom. The average molecular weight is 431 g/mol. The summed E-state index contributed by atoms with van der Waals surface area (Å²) in [7, 11) is -3.77. The van der Waals surface area contributed by atoms with Crippen LogP contribution in [0, 0.1) is 13.8 Å². The Morgan fingerprint density at radius 1 is 1.10 bits per heavy atom. The molecule has 152 valence electrons. The van der Waals surface area contributed by atoms with E-state index < -0.39 is 10.0 Å².